The predicted molar refractivity (Wildman–Crippen MR) is 96.6 cm³/mol. The number of nitrogens with one attached hydrogen (secondary N) is 1. The van der Waals surface area contributed by atoms with Gasteiger partial charge in [-0.05, 0) is 36.6 Å². The zero-order valence-corrected chi connectivity index (χ0v) is 15.2. The highest BCUT2D eigenvalue weighted by molar-refractivity contribution is 5.94. The molecule has 144 valence electrons. The van der Waals surface area contributed by atoms with Crippen LogP contribution in [0, 0.1) is 0 Å². The number of nitrogens with zero attached hydrogens (tertiary/aromatic N) is 2. The molecular formula is C19H23N3O5. The first-order valence-corrected chi connectivity index (χ1v) is 9.03. The van der Waals surface area contributed by atoms with E-state index in [0.29, 0.717) is 29.5 Å². The normalized spacial score (nSPS) is 14.4. The molecule has 1 amide bonds. The lowest BCUT2D eigenvalue weighted by molar-refractivity contribution is -0.116. The molecule has 0 spiro atoms. The molecule has 0 atom stereocenters. The molecule has 3 rings (SSSR count). The molecule has 1 aliphatic rings. The lowest BCUT2D eigenvalue weighted by Crippen LogP contribution is -2.13. The number of hydrogen-bond donors (Lipinski definition) is 2. The van der Waals surface area contributed by atoms with Crippen molar-refractivity contribution in [1.29, 1.82) is 0 Å². The summed E-state index contributed by atoms with van der Waals surface area (Å²) in [5.74, 6) is 0.247. The molecule has 1 fully saturated rings. The van der Waals surface area contributed by atoms with Crippen molar-refractivity contribution >= 4 is 17.6 Å². The van der Waals surface area contributed by atoms with Crippen molar-refractivity contribution < 1.29 is 24.0 Å². The number of methoxy groups -OCH3 is 1. The van der Waals surface area contributed by atoms with E-state index in [1.54, 1.807) is 6.07 Å². The lowest BCUT2D eigenvalue weighted by atomic mass is 10.1. The largest absolute Gasteiger partial charge is 0.478 e. The van der Waals surface area contributed by atoms with Crippen molar-refractivity contribution in [3.05, 3.63) is 41.0 Å². The second-order valence-electron chi connectivity index (χ2n) is 6.73. The van der Waals surface area contributed by atoms with E-state index in [1.165, 1.54) is 32.1 Å². The average molecular weight is 373 g/mol. The first-order valence-electron chi connectivity index (χ1n) is 9.03. The number of carbonyl (C=O) groups is 2. The summed E-state index contributed by atoms with van der Waals surface area (Å²) >= 11 is 0. The van der Waals surface area contributed by atoms with Gasteiger partial charge in [-0.1, -0.05) is 18.0 Å². The number of amides is 1. The molecule has 1 saturated carbocycles. The fourth-order valence-corrected chi connectivity index (χ4v) is 3.30. The van der Waals surface area contributed by atoms with Crippen LogP contribution in [0.25, 0.3) is 0 Å². The van der Waals surface area contributed by atoms with Gasteiger partial charge in [0.2, 0.25) is 11.8 Å². The Balaban J connectivity index is 1.58. The first-order chi connectivity index (χ1) is 13.0. The van der Waals surface area contributed by atoms with Crippen molar-refractivity contribution in [3.8, 4) is 0 Å². The highest BCUT2D eigenvalue weighted by Gasteiger charge is 2.22. The van der Waals surface area contributed by atoms with E-state index in [0.717, 1.165) is 18.7 Å². The molecule has 2 aromatic rings. The van der Waals surface area contributed by atoms with Crippen LogP contribution < -0.4 is 5.32 Å². The minimum Gasteiger partial charge on any atom is -0.478 e. The smallest absolute Gasteiger partial charge is 0.335 e. The van der Waals surface area contributed by atoms with Crippen LogP contribution in [0.4, 0.5) is 5.69 Å². The van der Waals surface area contributed by atoms with E-state index in [-0.39, 0.29) is 24.5 Å². The fraction of sp³-hybridized carbons (Fsp3) is 0.474. The zero-order valence-electron chi connectivity index (χ0n) is 15.2. The Kier molecular flexibility index (Phi) is 6.18. The zero-order chi connectivity index (χ0) is 19.2. The van der Waals surface area contributed by atoms with Crippen LogP contribution in [0.15, 0.2) is 22.7 Å². The van der Waals surface area contributed by atoms with Gasteiger partial charge in [-0.2, -0.15) is 4.98 Å². The van der Waals surface area contributed by atoms with E-state index in [1.807, 2.05) is 0 Å². The van der Waals surface area contributed by atoms with Gasteiger partial charge in [-0.3, -0.25) is 4.79 Å². The quantitative estimate of drug-likeness (QED) is 0.730. The number of carboxylic acids is 1. The topological polar surface area (TPSA) is 115 Å². The number of aromatic nitrogens is 2. The average Bonchev–Trinajstić information content (AvgIpc) is 3.31. The number of rotatable bonds is 8. The molecule has 1 aromatic heterocycles. The number of carboxylic acid groups (broad SMARTS) is 1. The molecule has 2 N–H and O–H groups in total. The van der Waals surface area contributed by atoms with Crippen LogP contribution in [-0.2, 0) is 22.6 Å². The Bertz CT molecular complexity index is 811. The Hall–Kier alpha value is -2.74. The molecule has 27 heavy (non-hydrogen) atoms. The Morgan fingerprint density at radius 1 is 1.30 bits per heavy atom. The number of benzene rings is 1. The second kappa shape index (κ2) is 8.77. The molecule has 0 saturated heterocycles. The maximum absolute atomic E-state index is 12.2. The number of aryl methyl sites for hydroxylation is 1. The fourth-order valence-electron chi connectivity index (χ4n) is 3.30. The minimum absolute atomic E-state index is 0.0953. The van der Waals surface area contributed by atoms with Gasteiger partial charge in [0.1, 0.15) is 0 Å². The molecular weight excluding hydrogens is 350 g/mol. The number of aromatic carboxylic acids is 1. The number of ether oxygens (including phenoxy) is 1. The predicted octanol–water partition coefficient (Wildman–Crippen LogP) is 3.14. The summed E-state index contributed by atoms with van der Waals surface area (Å²) in [7, 11) is 1.52. The summed E-state index contributed by atoms with van der Waals surface area (Å²) in [4.78, 5) is 27.9. The lowest BCUT2D eigenvalue weighted by Gasteiger charge is -2.09. The Morgan fingerprint density at radius 3 is 2.78 bits per heavy atom. The van der Waals surface area contributed by atoms with Gasteiger partial charge in [0.15, 0.2) is 5.82 Å². The van der Waals surface area contributed by atoms with Crippen LogP contribution in [0.2, 0.25) is 0 Å². The molecule has 8 heteroatoms. The SMILES string of the molecule is COCc1cc(NC(=O)CCc2nc(C3CCCC3)no2)cc(C(=O)O)c1. The maximum Gasteiger partial charge on any atom is 0.335 e. The summed E-state index contributed by atoms with van der Waals surface area (Å²) in [5.41, 5.74) is 1.19. The van der Waals surface area contributed by atoms with Crippen molar-refractivity contribution in [2.24, 2.45) is 0 Å². The maximum atomic E-state index is 12.2. The van der Waals surface area contributed by atoms with Crippen molar-refractivity contribution in [1.82, 2.24) is 10.1 Å². The van der Waals surface area contributed by atoms with Crippen molar-refractivity contribution in [3.63, 3.8) is 0 Å². The third-order valence-electron chi connectivity index (χ3n) is 4.60. The molecule has 1 aromatic carbocycles. The van der Waals surface area contributed by atoms with Crippen LogP contribution >= 0.6 is 0 Å². The minimum atomic E-state index is -1.06. The van der Waals surface area contributed by atoms with Gasteiger partial charge in [0, 0.05) is 31.6 Å². The van der Waals surface area contributed by atoms with Gasteiger partial charge in [-0.15, -0.1) is 0 Å². The van der Waals surface area contributed by atoms with E-state index >= 15 is 0 Å². The first kappa shape index (κ1) is 19.0. The van der Waals surface area contributed by atoms with E-state index in [4.69, 9.17) is 9.26 Å². The van der Waals surface area contributed by atoms with Crippen molar-refractivity contribution in [2.45, 2.75) is 51.0 Å². The van der Waals surface area contributed by atoms with E-state index < -0.39 is 5.97 Å². The summed E-state index contributed by atoms with van der Waals surface area (Å²) in [6, 6.07) is 4.63. The number of hydrogen-bond acceptors (Lipinski definition) is 6. The summed E-state index contributed by atoms with van der Waals surface area (Å²) in [6.45, 7) is 0.260. The summed E-state index contributed by atoms with van der Waals surface area (Å²) in [5, 5.41) is 15.9. The van der Waals surface area contributed by atoms with E-state index in [9.17, 15) is 14.7 Å². The highest BCUT2D eigenvalue weighted by atomic mass is 16.5. The molecule has 0 unspecified atom stereocenters. The third-order valence-corrected chi connectivity index (χ3v) is 4.60. The second-order valence-corrected chi connectivity index (χ2v) is 6.73. The summed E-state index contributed by atoms with van der Waals surface area (Å²) < 4.78 is 10.3. The monoisotopic (exact) mass is 373 g/mol. The molecule has 1 heterocycles. The van der Waals surface area contributed by atoms with Gasteiger partial charge in [0.05, 0.1) is 12.2 Å². The van der Waals surface area contributed by atoms with Crippen LogP contribution in [0.5, 0.6) is 0 Å². The van der Waals surface area contributed by atoms with Gasteiger partial charge in [0.25, 0.3) is 0 Å². The summed E-state index contributed by atoms with van der Waals surface area (Å²) in [6.07, 6.45) is 5.07. The number of anilines is 1. The van der Waals surface area contributed by atoms with Crippen molar-refractivity contribution in [2.75, 3.05) is 12.4 Å². The highest BCUT2D eigenvalue weighted by Crippen LogP contribution is 2.32. The molecule has 0 aliphatic heterocycles. The Morgan fingerprint density at radius 2 is 2.07 bits per heavy atom. The Labute approximate surface area is 156 Å². The van der Waals surface area contributed by atoms with Crippen LogP contribution in [0.1, 0.15) is 65.7 Å². The van der Waals surface area contributed by atoms with Gasteiger partial charge in [-0.25, -0.2) is 4.79 Å². The molecule has 0 bridgehead atoms. The molecule has 8 nitrogen and oxygen atoms in total. The van der Waals surface area contributed by atoms with E-state index in [2.05, 4.69) is 15.5 Å². The van der Waals surface area contributed by atoms with Gasteiger partial charge < -0.3 is 19.7 Å². The van der Waals surface area contributed by atoms with Crippen LogP contribution in [-0.4, -0.2) is 34.2 Å². The standard InChI is InChI=1S/C19H23N3O5/c1-26-11-12-8-14(19(24)25)10-15(9-12)20-16(23)6-7-17-21-18(22-27-17)13-4-2-3-5-13/h8-10,13H,2-7,11H2,1H3,(H,20,23)(H,24,25). The number of carbonyl (C=O) groups excluding carboxylic acids is 1. The molecule has 0 radical (unpaired) electrons. The van der Waals surface area contributed by atoms with Gasteiger partial charge >= 0.3 is 5.97 Å². The molecule has 1 aliphatic carbocycles. The van der Waals surface area contributed by atoms with Crippen LogP contribution in [0.3, 0.4) is 0 Å². The third kappa shape index (κ3) is 5.13.